The van der Waals surface area contributed by atoms with E-state index in [0.717, 1.165) is 51.4 Å². The van der Waals surface area contributed by atoms with Gasteiger partial charge in [-0.25, -0.2) is 4.57 Å². The minimum Gasteiger partial charge on any atom is -0.462 e. The van der Waals surface area contributed by atoms with Crippen LogP contribution in [0.1, 0.15) is 239 Å². The molecule has 0 aliphatic rings. The lowest BCUT2D eigenvalue weighted by molar-refractivity contribution is -0.161. The van der Waals surface area contributed by atoms with Gasteiger partial charge in [-0.1, -0.05) is 199 Å². The minimum atomic E-state index is -4.37. The first-order chi connectivity index (χ1) is 27.3. The van der Waals surface area contributed by atoms with Crippen LogP contribution in [0, 0.1) is 0 Å². The van der Waals surface area contributed by atoms with Crippen LogP contribution in [0.25, 0.3) is 0 Å². The molecule has 10 heteroatoms. The lowest BCUT2D eigenvalue weighted by atomic mass is 10.0. The molecule has 0 heterocycles. The van der Waals surface area contributed by atoms with E-state index in [-0.39, 0.29) is 38.6 Å². The zero-order valence-corrected chi connectivity index (χ0v) is 37.5. The van der Waals surface area contributed by atoms with Crippen LogP contribution < -0.4 is 5.73 Å². The molecule has 0 fully saturated rings. The highest BCUT2D eigenvalue weighted by atomic mass is 31.2. The molecular weight excluding hydrogens is 725 g/mol. The van der Waals surface area contributed by atoms with Gasteiger partial charge in [-0.15, -0.1) is 0 Å². The molecule has 0 aliphatic carbocycles. The maximum atomic E-state index is 12.6. The molecule has 0 aromatic rings. The number of phosphoric ester groups is 1. The van der Waals surface area contributed by atoms with E-state index >= 15 is 0 Å². The van der Waals surface area contributed by atoms with Crippen molar-refractivity contribution in [1.29, 1.82) is 0 Å². The van der Waals surface area contributed by atoms with Gasteiger partial charge in [-0.2, -0.15) is 0 Å². The predicted molar refractivity (Wildman–Crippen MR) is 234 cm³/mol. The van der Waals surface area contributed by atoms with Crippen LogP contribution >= 0.6 is 7.82 Å². The van der Waals surface area contributed by atoms with E-state index in [0.29, 0.717) is 6.42 Å². The average Bonchev–Trinajstić information content (AvgIpc) is 3.18. The number of hydrogen-bond donors (Lipinski definition) is 2. The second-order valence-electron chi connectivity index (χ2n) is 16.0. The maximum absolute atomic E-state index is 12.6. The fourth-order valence-electron chi connectivity index (χ4n) is 6.87. The second kappa shape index (κ2) is 43.3. The van der Waals surface area contributed by atoms with Gasteiger partial charge in [0.25, 0.3) is 0 Å². The van der Waals surface area contributed by atoms with E-state index in [1.165, 1.54) is 154 Å². The minimum absolute atomic E-state index is 0.0549. The zero-order chi connectivity index (χ0) is 41.1. The number of allylic oxidation sites excluding steroid dienone is 2. The summed E-state index contributed by atoms with van der Waals surface area (Å²) in [7, 11) is -4.37. The maximum Gasteiger partial charge on any atom is 0.472 e. The molecule has 0 saturated heterocycles. The van der Waals surface area contributed by atoms with E-state index in [4.69, 9.17) is 24.3 Å². The first kappa shape index (κ1) is 54.8. The average molecular weight is 816 g/mol. The molecule has 0 aromatic heterocycles. The van der Waals surface area contributed by atoms with Crippen LogP contribution in [-0.4, -0.2) is 49.3 Å². The van der Waals surface area contributed by atoms with Gasteiger partial charge in [-0.3, -0.25) is 18.6 Å². The summed E-state index contributed by atoms with van der Waals surface area (Å²) in [5, 5.41) is 0. The summed E-state index contributed by atoms with van der Waals surface area (Å²) >= 11 is 0. The second-order valence-corrected chi connectivity index (χ2v) is 17.4. The highest BCUT2D eigenvalue weighted by molar-refractivity contribution is 7.47. The van der Waals surface area contributed by atoms with Gasteiger partial charge in [-0.05, 0) is 38.5 Å². The number of unbranched alkanes of at least 4 members (excludes halogenated alkanes) is 30. The van der Waals surface area contributed by atoms with Crippen LogP contribution in [0.5, 0.6) is 0 Å². The van der Waals surface area contributed by atoms with Crippen molar-refractivity contribution in [3.05, 3.63) is 12.2 Å². The Bertz CT molecular complexity index is 933. The number of hydrogen-bond acceptors (Lipinski definition) is 8. The van der Waals surface area contributed by atoms with Crippen molar-refractivity contribution < 1.29 is 37.6 Å². The number of rotatable bonds is 45. The lowest BCUT2D eigenvalue weighted by Gasteiger charge is -2.19. The number of phosphoric acid groups is 1. The van der Waals surface area contributed by atoms with Crippen LogP contribution in [-0.2, 0) is 32.7 Å². The molecule has 2 unspecified atom stereocenters. The molecule has 0 aromatic carbocycles. The van der Waals surface area contributed by atoms with Crippen molar-refractivity contribution in [3.8, 4) is 0 Å². The molecule has 332 valence electrons. The molecule has 0 bridgehead atoms. The third-order valence-electron chi connectivity index (χ3n) is 10.4. The zero-order valence-electron chi connectivity index (χ0n) is 36.6. The van der Waals surface area contributed by atoms with E-state index in [1.807, 2.05) is 0 Å². The standard InChI is InChI=1S/C46H90NO8P/c1-3-5-7-9-11-13-15-17-18-19-20-21-22-23-24-25-27-28-30-32-34-36-38-45(48)52-42-44(43-54-56(50,51)53-41-40-47)55-46(49)39-37-35-33-31-29-26-16-14-12-10-8-6-4-2/h14,16,44H,3-13,15,17-43,47H2,1-2H3,(H,50,51)/b16-14-. The van der Waals surface area contributed by atoms with E-state index in [9.17, 15) is 19.0 Å². The van der Waals surface area contributed by atoms with Crippen molar-refractivity contribution in [2.45, 2.75) is 245 Å². The third-order valence-corrected chi connectivity index (χ3v) is 11.4. The quantitative estimate of drug-likeness (QED) is 0.0266. The summed E-state index contributed by atoms with van der Waals surface area (Å²) in [6, 6.07) is 0. The lowest BCUT2D eigenvalue weighted by Crippen LogP contribution is -2.29. The van der Waals surface area contributed by atoms with Crippen molar-refractivity contribution in [2.24, 2.45) is 5.73 Å². The normalized spacial score (nSPS) is 13.3. The number of ether oxygens (including phenoxy) is 2. The molecule has 3 N–H and O–H groups in total. The van der Waals surface area contributed by atoms with Crippen LogP contribution in [0.2, 0.25) is 0 Å². The van der Waals surface area contributed by atoms with Gasteiger partial charge in [0.15, 0.2) is 6.10 Å². The topological polar surface area (TPSA) is 134 Å². The van der Waals surface area contributed by atoms with Gasteiger partial charge in [0.05, 0.1) is 13.2 Å². The number of carbonyl (C=O) groups is 2. The molecule has 0 rings (SSSR count). The van der Waals surface area contributed by atoms with Crippen LogP contribution in [0.3, 0.4) is 0 Å². The van der Waals surface area contributed by atoms with Crippen molar-refractivity contribution >= 4 is 19.8 Å². The number of nitrogens with two attached hydrogens (primary N) is 1. The van der Waals surface area contributed by atoms with E-state index < -0.39 is 26.5 Å². The first-order valence-electron chi connectivity index (χ1n) is 23.7. The Balaban J connectivity index is 4.00. The summed E-state index contributed by atoms with van der Waals surface area (Å²) in [4.78, 5) is 34.9. The molecule has 0 saturated carbocycles. The third kappa shape index (κ3) is 42.4. The predicted octanol–water partition coefficient (Wildman–Crippen LogP) is 13.8. The highest BCUT2D eigenvalue weighted by Crippen LogP contribution is 2.43. The monoisotopic (exact) mass is 816 g/mol. The van der Waals surface area contributed by atoms with Crippen molar-refractivity contribution in [3.63, 3.8) is 0 Å². The SMILES string of the molecule is CCCCCC/C=C\CCCCCCCC(=O)OC(COC(=O)CCCCCCCCCCCCCCCCCCCCCCCC)COP(=O)(O)OCCN. The van der Waals surface area contributed by atoms with E-state index in [2.05, 4.69) is 26.0 Å². The van der Waals surface area contributed by atoms with Crippen molar-refractivity contribution in [2.75, 3.05) is 26.4 Å². The highest BCUT2D eigenvalue weighted by Gasteiger charge is 2.26. The molecule has 0 spiro atoms. The van der Waals surface area contributed by atoms with Crippen LogP contribution in [0.4, 0.5) is 0 Å². The smallest absolute Gasteiger partial charge is 0.462 e. The molecule has 0 aliphatic heterocycles. The Kier molecular flexibility index (Phi) is 42.4. The summed E-state index contributed by atoms with van der Waals surface area (Å²) in [6.45, 7) is 3.75. The van der Waals surface area contributed by atoms with Gasteiger partial charge in [0.2, 0.25) is 0 Å². The molecule has 2 atom stereocenters. The largest absolute Gasteiger partial charge is 0.472 e. The summed E-state index contributed by atoms with van der Waals surface area (Å²) in [5.41, 5.74) is 5.35. The number of esters is 2. The fourth-order valence-corrected chi connectivity index (χ4v) is 7.63. The molecular formula is C46H90NO8P. The summed E-state index contributed by atoms with van der Waals surface area (Å²) in [6.07, 6.45) is 45.4. The van der Waals surface area contributed by atoms with Crippen molar-refractivity contribution in [1.82, 2.24) is 0 Å². The molecule has 56 heavy (non-hydrogen) atoms. The van der Waals surface area contributed by atoms with Crippen LogP contribution in [0.15, 0.2) is 12.2 Å². The van der Waals surface area contributed by atoms with Gasteiger partial charge < -0.3 is 20.1 Å². The Hall–Kier alpha value is -1.25. The van der Waals surface area contributed by atoms with Gasteiger partial charge in [0.1, 0.15) is 6.61 Å². The summed E-state index contributed by atoms with van der Waals surface area (Å²) < 4.78 is 32.8. The molecule has 9 nitrogen and oxygen atoms in total. The van der Waals surface area contributed by atoms with E-state index in [1.54, 1.807) is 0 Å². The molecule has 0 amide bonds. The Morgan fingerprint density at radius 1 is 0.518 bits per heavy atom. The Labute approximate surface area is 345 Å². The number of carbonyl (C=O) groups excluding carboxylic acids is 2. The fraction of sp³-hybridized carbons (Fsp3) is 0.913. The summed E-state index contributed by atoms with van der Waals surface area (Å²) in [5.74, 6) is -0.826. The van der Waals surface area contributed by atoms with Gasteiger partial charge >= 0.3 is 19.8 Å². The first-order valence-corrected chi connectivity index (χ1v) is 25.2. The Morgan fingerprint density at radius 3 is 1.29 bits per heavy atom. The Morgan fingerprint density at radius 2 is 0.875 bits per heavy atom. The van der Waals surface area contributed by atoms with Gasteiger partial charge in [0, 0.05) is 19.4 Å². The molecule has 0 radical (unpaired) electrons.